The third kappa shape index (κ3) is 5.91. The van der Waals surface area contributed by atoms with Crippen molar-refractivity contribution in [2.24, 2.45) is 0 Å². The number of carbonyl (C=O) groups is 1. The van der Waals surface area contributed by atoms with Gasteiger partial charge < -0.3 is 12.4 Å². The summed E-state index contributed by atoms with van der Waals surface area (Å²) in [5.74, 6) is 0.464. The first kappa shape index (κ1) is 24.1. The maximum absolute atomic E-state index is 10.5. The van der Waals surface area contributed by atoms with E-state index in [0.717, 1.165) is 31.8 Å². The second kappa shape index (κ2) is 12.5. The second-order valence-electron chi connectivity index (χ2n) is 7.39. The lowest BCUT2D eigenvalue weighted by Gasteiger charge is -2.26. The number of ketones is 1. The van der Waals surface area contributed by atoms with E-state index in [-0.39, 0.29) is 12.4 Å². The monoisotopic (exact) mass is 436 g/mol. The van der Waals surface area contributed by atoms with E-state index in [2.05, 4.69) is 104 Å². The summed E-state index contributed by atoms with van der Waals surface area (Å²) in [6, 6.07) is 32.7. The van der Waals surface area contributed by atoms with Gasteiger partial charge in [-0.2, -0.15) is 0 Å². The summed E-state index contributed by atoms with van der Waals surface area (Å²) in [6.07, 6.45) is 8.29. The van der Waals surface area contributed by atoms with Gasteiger partial charge in [-0.3, -0.25) is 4.79 Å². The summed E-state index contributed by atoms with van der Waals surface area (Å²) in [5, 5.41) is 4.23. The minimum atomic E-state index is -1.67. The van der Waals surface area contributed by atoms with Gasteiger partial charge in [0.15, 0.2) is 0 Å². The van der Waals surface area contributed by atoms with Gasteiger partial charge in [0.25, 0.3) is 0 Å². The fourth-order valence-corrected chi connectivity index (χ4v) is 7.91. The lowest BCUT2D eigenvalue weighted by Crippen LogP contribution is -3.00. The van der Waals surface area contributed by atoms with Crippen molar-refractivity contribution >= 4 is 29.0 Å². The topological polar surface area (TPSA) is 17.1 Å². The molecule has 3 aromatic carbocycles. The molecule has 0 bridgehead atoms. The molecule has 1 fully saturated rings. The van der Waals surface area contributed by atoms with Crippen molar-refractivity contribution in [3.63, 3.8) is 0 Å². The molecular formula is C27H30ClOP. The Hall–Kier alpha value is -2.21. The molecule has 0 N–H and O–H groups in total. The lowest BCUT2D eigenvalue weighted by molar-refractivity contribution is -0.120. The molecule has 156 valence electrons. The molecule has 1 saturated carbocycles. The van der Waals surface area contributed by atoms with Gasteiger partial charge in [0.2, 0.25) is 0 Å². The molecule has 4 rings (SSSR count). The van der Waals surface area contributed by atoms with Crippen LogP contribution in [0.15, 0.2) is 104 Å². The Labute approximate surface area is 188 Å². The fraction of sp³-hybridized carbons (Fsp3) is 0.222. The molecule has 0 aromatic heterocycles. The standard InChI is InChI=1S/C21H20P.C6H10O.ClH/c1-2-18-22(19-12-6-3-7-13-19,20-14-8-4-9-15-20)21-16-10-5-11-17-21;7-6-4-2-1-3-5-6;/h2-17H,1,18H2;1-5H2;1H/q+1;;/p-1. The van der Waals surface area contributed by atoms with Crippen LogP contribution < -0.4 is 28.3 Å². The molecule has 0 unspecified atom stereocenters. The molecule has 0 heterocycles. The van der Waals surface area contributed by atoms with E-state index >= 15 is 0 Å². The summed E-state index contributed by atoms with van der Waals surface area (Å²) < 4.78 is 0. The maximum atomic E-state index is 10.5. The van der Waals surface area contributed by atoms with E-state index in [9.17, 15) is 4.79 Å². The number of allylic oxidation sites excluding steroid dienone is 1. The highest BCUT2D eigenvalue weighted by Gasteiger charge is 2.43. The molecule has 3 aromatic rings. The largest absolute Gasteiger partial charge is 1.00 e. The first-order valence-corrected chi connectivity index (χ1v) is 12.4. The van der Waals surface area contributed by atoms with Crippen LogP contribution in [0.3, 0.4) is 0 Å². The van der Waals surface area contributed by atoms with Gasteiger partial charge in [-0.1, -0.05) is 73.7 Å². The Morgan fingerprint density at radius 1 is 0.667 bits per heavy atom. The maximum Gasteiger partial charge on any atom is 0.132 e. The zero-order valence-corrected chi connectivity index (χ0v) is 19.1. The van der Waals surface area contributed by atoms with E-state index < -0.39 is 7.26 Å². The molecular weight excluding hydrogens is 407 g/mol. The first-order valence-electron chi connectivity index (χ1n) is 10.4. The molecule has 0 radical (unpaired) electrons. The van der Waals surface area contributed by atoms with Gasteiger partial charge in [-0.25, -0.2) is 0 Å². The van der Waals surface area contributed by atoms with Crippen LogP contribution in [0.4, 0.5) is 0 Å². The van der Waals surface area contributed by atoms with Gasteiger partial charge in [0.1, 0.15) is 29.0 Å². The van der Waals surface area contributed by atoms with Crippen LogP contribution in [-0.2, 0) is 4.79 Å². The van der Waals surface area contributed by atoms with Gasteiger partial charge in [-0.15, -0.1) is 0 Å². The van der Waals surface area contributed by atoms with E-state index in [1.807, 2.05) is 0 Å². The molecule has 0 aliphatic heterocycles. The Morgan fingerprint density at radius 3 is 1.30 bits per heavy atom. The lowest BCUT2D eigenvalue weighted by atomic mass is 10.00. The van der Waals surface area contributed by atoms with Gasteiger partial charge in [0, 0.05) is 12.8 Å². The Morgan fingerprint density at radius 2 is 1.03 bits per heavy atom. The van der Waals surface area contributed by atoms with Crippen LogP contribution in [-0.4, -0.2) is 11.9 Å². The van der Waals surface area contributed by atoms with Crippen LogP contribution in [0.2, 0.25) is 0 Å². The minimum Gasteiger partial charge on any atom is -1.00 e. The van der Waals surface area contributed by atoms with Crippen molar-refractivity contribution in [1.29, 1.82) is 0 Å². The van der Waals surface area contributed by atoms with Crippen LogP contribution in [0.5, 0.6) is 0 Å². The van der Waals surface area contributed by atoms with E-state index in [4.69, 9.17) is 0 Å². The number of carbonyl (C=O) groups excluding carboxylic acids is 1. The molecule has 1 aliphatic carbocycles. The van der Waals surface area contributed by atoms with Crippen LogP contribution in [0, 0.1) is 0 Å². The number of Topliss-reactive ketones (excluding diaryl/α,β-unsaturated/α-hetero) is 1. The SMILES string of the molecule is C=CC[P+](c1ccccc1)(c1ccccc1)c1ccccc1.O=C1CCCCC1.[Cl-]. The number of halogens is 1. The molecule has 0 spiro atoms. The summed E-state index contributed by atoms with van der Waals surface area (Å²) in [7, 11) is -1.67. The van der Waals surface area contributed by atoms with Gasteiger partial charge >= 0.3 is 0 Å². The van der Waals surface area contributed by atoms with E-state index in [0.29, 0.717) is 5.78 Å². The fourth-order valence-electron chi connectivity index (χ4n) is 3.95. The van der Waals surface area contributed by atoms with Crippen molar-refractivity contribution in [3.05, 3.63) is 104 Å². The Balaban J connectivity index is 0.000000341. The van der Waals surface area contributed by atoms with Gasteiger partial charge in [0.05, 0.1) is 6.16 Å². The molecule has 0 amide bonds. The van der Waals surface area contributed by atoms with Crippen LogP contribution in [0.25, 0.3) is 0 Å². The first-order chi connectivity index (χ1) is 14.3. The number of benzene rings is 3. The highest BCUT2D eigenvalue weighted by Crippen LogP contribution is 2.55. The average molecular weight is 437 g/mol. The summed E-state index contributed by atoms with van der Waals surface area (Å²) in [4.78, 5) is 10.5. The zero-order valence-electron chi connectivity index (χ0n) is 17.4. The minimum absolute atomic E-state index is 0. The predicted octanol–water partition coefficient (Wildman–Crippen LogP) is 2.69. The van der Waals surface area contributed by atoms with Crippen molar-refractivity contribution in [1.82, 2.24) is 0 Å². The third-order valence-corrected chi connectivity index (χ3v) is 9.75. The quantitative estimate of drug-likeness (QED) is 0.444. The van der Waals surface area contributed by atoms with E-state index in [1.54, 1.807) is 0 Å². The molecule has 1 nitrogen and oxygen atoms in total. The number of hydrogen-bond acceptors (Lipinski definition) is 1. The molecule has 3 heteroatoms. The second-order valence-corrected chi connectivity index (χ2v) is 10.9. The summed E-state index contributed by atoms with van der Waals surface area (Å²) in [5.41, 5.74) is 0. The summed E-state index contributed by atoms with van der Waals surface area (Å²) >= 11 is 0. The van der Waals surface area contributed by atoms with Gasteiger partial charge in [-0.05, 0) is 49.2 Å². The van der Waals surface area contributed by atoms with Crippen molar-refractivity contribution in [2.75, 3.05) is 6.16 Å². The highest BCUT2D eigenvalue weighted by molar-refractivity contribution is 7.95. The van der Waals surface area contributed by atoms with Crippen molar-refractivity contribution < 1.29 is 17.2 Å². The van der Waals surface area contributed by atoms with E-state index in [1.165, 1.54) is 22.3 Å². The molecule has 1 aliphatic rings. The normalized spacial score (nSPS) is 13.4. The average Bonchev–Trinajstić information content (AvgIpc) is 2.80. The third-order valence-electron chi connectivity index (χ3n) is 5.41. The molecule has 0 saturated heterocycles. The smallest absolute Gasteiger partial charge is 0.132 e. The number of rotatable bonds is 5. The predicted molar refractivity (Wildman–Crippen MR) is 128 cm³/mol. The van der Waals surface area contributed by atoms with Crippen LogP contribution >= 0.6 is 7.26 Å². The van der Waals surface area contributed by atoms with Crippen molar-refractivity contribution in [2.45, 2.75) is 32.1 Å². The number of hydrogen-bond donors (Lipinski definition) is 0. The molecule has 0 atom stereocenters. The zero-order chi connectivity index (χ0) is 20.4. The van der Waals surface area contributed by atoms with Crippen LogP contribution in [0.1, 0.15) is 32.1 Å². The summed E-state index contributed by atoms with van der Waals surface area (Å²) in [6.45, 7) is 4.05. The highest BCUT2D eigenvalue weighted by atomic mass is 35.5. The Kier molecular flexibility index (Phi) is 10.0. The van der Waals surface area contributed by atoms with Crippen molar-refractivity contribution in [3.8, 4) is 0 Å². The Bertz CT molecular complexity index is 789. The molecule has 30 heavy (non-hydrogen) atoms.